The van der Waals surface area contributed by atoms with Crippen molar-refractivity contribution in [2.24, 2.45) is 5.92 Å². The number of carbonyl (C=O) groups excluding carboxylic acids is 1. The van der Waals surface area contributed by atoms with Crippen LogP contribution in [0, 0.1) is 5.92 Å². The lowest BCUT2D eigenvalue weighted by atomic mass is 9.92. The molecular weight excluding hydrogens is 461 g/mol. The van der Waals surface area contributed by atoms with Crippen molar-refractivity contribution in [2.45, 2.75) is 38.4 Å². The van der Waals surface area contributed by atoms with Gasteiger partial charge in [-0.15, -0.1) is 0 Å². The Morgan fingerprint density at radius 3 is 2.34 bits per heavy atom. The van der Waals surface area contributed by atoms with Gasteiger partial charge in [-0.05, 0) is 68.0 Å². The Bertz CT molecular complexity index is 1480. The number of pyridine rings is 1. The minimum absolute atomic E-state index is 0.243. The number of amides is 1. The third-order valence-electron chi connectivity index (χ3n) is 6.81. The van der Waals surface area contributed by atoms with E-state index in [2.05, 4.69) is 4.98 Å². The van der Waals surface area contributed by atoms with E-state index >= 15 is 0 Å². The summed E-state index contributed by atoms with van der Waals surface area (Å²) < 4.78 is 41.1. The molecule has 0 spiro atoms. The molecule has 3 aromatic heterocycles. The van der Waals surface area contributed by atoms with Gasteiger partial charge in [0.05, 0.1) is 11.8 Å². The highest BCUT2D eigenvalue weighted by molar-refractivity contribution is 5.94. The highest BCUT2D eigenvalue weighted by Gasteiger charge is 2.31. The third-order valence-corrected chi connectivity index (χ3v) is 6.81. The number of alkyl halides is 3. The van der Waals surface area contributed by atoms with Gasteiger partial charge in [-0.1, -0.05) is 6.07 Å². The Morgan fingerprint density at radius 1 is 0.971 bits per heavy atom. The van der Waals surface area contributed by atoms with Gasteiger partial charge in [-0.2, -0.15) is 13.2 Å². The molecule has 182 valence electrons. The molecular formula is C25H23F3N4O3. The molecule has 0 N–H and O–H groups in total. The first kappa shape index (κ1) is 23.1. The number of hydrogen-bond acceptors (Lipinski definition) is 4. The minimum Gasteiger partial charge on any atom is -0.339 e. The second-order valence-electron chi connectivity index (χ2n) is 8.96. The zero-order chi connectivity index (χ0) is 24.7. The van der Waals surface area contributed by atoms with Crippen molar-refractivity contribution in [1.29, 1.82) is 0 Å². The van der Waals surface area contributed by atoms with Crippen LogP contribution in [0.5, 0.6) is 0 Å². The van der Waals surface area contributed by atoms with Gasteiger partial charge in [0.25, 0.3) is 17.0 Å². The highest BCUT2D eigenvalue weighted by Crippen LogP contribution is 2.29. The molecule has 1 aliphatic rings. The van der Waals surface area contributed by atoms with E-state index < -0.39 is 11.7 Å². The summed E-state index contributed by atoms with van der Waals surface area (Å²) in [5, 5.41) is 0. The lowest BCUT2D eigenvalue weighted by Crippen LogP contribution is -2.38. The summed E-state index contributed by atoms with van der Waals surface area (Å²) in [4.78, 5) is 44.2. The molecule has 4 aromatic rings. The van der Waals surface area contributed by atoms with Gasteiger partial charge in [-0.3, -0.25) is 23.4 Å². The van der Waals surface area contributed by atoms with Crippen molar-refractivity contribution in [3.05, 3.63) is 80.5 Å². The summed E-state index contributed by atoms with van der Waals surface area (Å²) in [6.07, 6.45) is 0.0462. The van der Waals surface area contributed by atoms with Crippen molar-refractivity contribution in [3.63, 3.8) is 0 Å². The van der Waals surface area contributed by atoms with Gasteiger partial charge >= 0.3 is 6.18 Å². The number of likely N-dealkylation sites (tertiary alicyclic amines) is 1. The summed E-state index contributed by atoms with van der Waals surface area (Å²) in [5.74, 6) is 0.0723. The minimum atomic E-state index is -4.43. The van der Waals surface area contributed by atoms with Gasteiger partial charge in [0.15, 0.2) is 0 Å². The smallest absolute Gasteiger partial charge is 0.339 e. The normalized spacial score (nSPS) is 15.3. The number of nitrogens with zero attached hydrogens (tertiary/aromatic N) is 4. The van der Waals surface area contributed by atoms with E-state index in [1.54, 1.807) is 27.5 Å². The number of piperidine rings is 1. The summed E-state index contributed by atoms with van der Waals surface area (Å²) >= 11 is 0. The van der Waals surface area contributed by atoms with Gasteiger partial charge in [0, 0.05) is 25.2 Å². The van der Waals surface area contributed by atoms with Gasteiger partial charge < -0.3 is 4.90 Å². The van der Waals surface area contributed by atoms with E-state index in [1.807, 2.05) is 0 Å². The molecule has 0 radical (unpaired) electrons. The first-order valence-corrected chi connectivity index (χ1v) is 11.5. The van der Waals surface area contributed by atoms with Crippen LogP contribution in [0.15, 0.2) is 58.3 Å². The van der Waals surface area contributed by atoms with Crippen LogP contribution >= 0.6 is 0 Å². The zero-order valence-electron chi connectivity index (χ0n) is 18.8. The maximum absolute atomic E-state index is 12.9. The molecule has 0 saturated carbocycles. The number of hydrogen-bond donors (Lipinski definition) is 0. The number of aromatic nitrogens is 3. The van der Waals surface area contributed by atoms with E-state index in [4.69, 9.17) is 0 Å². The maximum atomic E-state index is 12.9. The lowest BCUT2D eigenvalue weighted by molar-refractivity contribution is -0.137. The first-order valence-electron chi connectivity index (χ1n) is 11.5. The van der Waals surface area contributed by atoms with E-state index in [9.17, 15) is 27.6 Å². The number of benzene rings is 1. The molecule has 4 heterocycles. The van der Waals surface area contributed by atoms with Gasteiger partial charge in [0.1, 0.15) is 16.7 Å². The molecule has 0 atom stereocenters. The summed E-state index contributed by atoms with van der Waals surface area (Å²) in [6.45, 7) is 1.35. The zero-order valence-corrected chi connectivity index (χ0v) is 18.8. The molecule has 1 saturated heterocycles. The molecule has 0 bridgehead atoms. The van der Waals surface area contributed by atoms with Crippen LogP contribution in [-0.2, 0) is 12.7 Å². The van der Waals surface area contributed by atoms with Crippen LogP contribution in [-0.4, -0.2) is 37.8 Å². The molecule has 1 amide bonds. The monoisotopic (exact) mass is 484 g/mol. The molecule has 10 heteroatoms. The Morgan fingerprint density at radius 2 is 1.66 bits per heavy atom. The van der Waals surface area contributed by atoms with E-state index in [1.165, 1.54) is 22.9 Å². The fourth-order valence-electron chi connectivity index (χ4n) is 4.87. The van der Waals surface area contributed by atoms with E-state index in [-0.39, 0.29) is 22.6 Å². The second-order valence-corrected chi connectivity index (χ2v) is 8.96. The Hall–Kier alpha value is -3.69. The SMILES string of the molecule is O=C(c1ccc(C(F)(F)F)cc1)N1CCC(CCCn2c(=O)c3cccc4ncc(c2=O)n43)CC1. The number of carbonyl (C=O) groups is 1. The van der Waals surface area contributed by atoms with Crippen LogP contribution in [0.1, 0.15) is 41.6 Å². The lowest BCUT2D eigenvalue weighted by Gasteiger charge is -2.32. The van der Waals surface area contributed by atoms with Crippen molar-refractivity contribution in [3.8, 4) is 0 Å². The number of imidazole rings is 1. The molecule has 1 aliphatic heterocycles. The van der Waals surface area contributed by atoms with Crippen molar-refractivity contribution in [1.82, 2.24) is 18.9 Å². The van der Waals surface area contributed by atoms with Crippen LogP contribution in [0.25, 0.3) is 16.7 Å². The standard InChI is InChI=1S/C25H23F3N4O3/c26-25(27,28)18-8-6-17(7-9-18)22(33)30-13-10-16(11-14-30)3-2-12-31-23(34)19-4-1-5-21-29-15-20(24(31)35)32(19)21/h1,4-9,15-16H,2-3,10-14H2. The molecule has 35 heavy (non-hydrogen) atoms. The number of halogens is 3. The average Bonchev–Trinajstić information content (AvgIpc) is 3.29. The molecule has 5 rings (SSSR count). The molecule has 1 aromatic carbocycles. The third kappa shape index (κ3) is 4.28. The quantitative estimate of drug-likeness (QED) is 0.432. The second kappa shape index (κ2) is 8.83. The first-order chi connectivity index (χ1) is 16.7. The van der Waals surface area contributed by atoms with Crippen LogP contribution in [0.4, 0.5) is 13.2 Å². The Labute approximate surface area is 197 Å². The summed E-state index contributed by atoms with van der Waals surface area (Å²) in [7, 11) is 0. The van der Waals surface area contributed by atoms with Crippen molar-refractivity contribution in [2.75, 3.05) is 13.1 Å². The molecule has 0 aliphatic carbocycles. The predicted octanol–water partition coefficient (Wildman–Crippen LogP) is 3.80. The van der Waals surface area contributed by atoms with Crippen molar-refractivity contribution < 1.29 is 18.0 Å². The summed E-state index contributed by atoms with van der Waals surface area (Å²) in [6, 6.07) is 9.47. The number of rotatable bonds is 5. The van der Waals surface area contributed by atoms with E-state index in [0.717, 1.165) is 31.4 Å². The average molecular weight is 484 g/mol. The maximum Gasteiger partial charge on any atom is 0.416 e. The fraction of sp³-hybridized carbons (Fsp3) is 0.360. The van der Waals surface area contributed by atoms with E-state index in [0.29, 0.717) is 48.7 Å². The highest BCUT2D eigenvalue weighted by atomic mass is 19.4. The Kier molecular flexibility index (Phi) is 5.82. The van der Waals surface area contributed by atoms with Crippen LogP contribution in [0.2, 0.25) is 0 Å². The molecule has 0 unspecified atom stereocenters. The van der Waals surface area contributed by atoms with Gasteiger partial charge in [-0.25, -0.2) is 4.98 Å². The topological polar surface area (TPSA) is 76.7 Å². The van der Waals surface area contributed by atoms with Crippen LogP contribution in [0.3, 0.4) is 0 Å². The summed E-state index contributed by atoms with van der Waals surface area (Å²) in [5.41, 5.74) is 0.153. The molecule has 1 fully saturated rings. The van der Waals surface area contributed by atoms with Crippen LogP contribution < -0.4 is 11.1 Å². The van der Waals surface area contributed by atoms with Gasteiger partial charge in [0.2, 0.25) is 0 Å². The molecule has 7 nitrogen and oxygen atoms in total. The largest absolute Gasteiger partial charge is 0.416 e. The predicted molar refractivity (Wildman–Crippen MR) is 124 cm³/mol. The Balaban J connectivity index is 1.18. The van der Waals surface area contributed by atoms with Crippen molar-refractivity contribution >= 4 is 22.6 Å². The fourth-order valence-corrected chi connectivity index (χ4v) is 4.87.